The number of carbonyl (C=O) groups is 1. The van der Waals surface area contributed by atoms with Crippen LogP contribution in [0.2, 0.25) is 0 Å². The summed E-state index contributed by atoms with van der Waals surface area (Å²) in [4.78, 5) is 13.8. The normalized spacial score (nSPS) is 18.6. The van der Waals surface area contributed by atoms with E-state index in [4.69, 9.17) is 0 Å². The summed E-state index contributed by atoms with van der Waals surface area (Å²) >= 11 is 0. The smallest absolute Gasteiger partial charge is 0.317 e. The fraction of sp³-hybridized carbons (Fsp3) is 0.588. The number of rotatable bonds is 4. The third-order valence-electron chi connectivity index (χ3n) is 4.08. The SMILES string of the molecule is CC(C)NC(=O)N1CCCC(CCc2c(F)cccc2F)C1. The first kappa shape index (κ1) is 16.7. The highest BCUT2D eigenvalue weighted by Crippen LogP contribution is 2.23. The standard InChI is InChI=1S/C17H24F2N2O/c1-12(2)20-17(22)21-10-4-5-13(11-21)8-9-14-15(18)6-3-7-16(14)19/h3,6-7,12-13H,4-5,8-11H2,1-2H3,(H,20,22). The molecule has 1 heterocycles. The van der Waals surface area contributed by atoms with Gasteiger partial charge in [-0.2, -0.15) is 0 Å². The maximum absolute atomic E-state index is 13.6. The summed E-state index contributed by atoms with van der Waals surface area (Å²) in [6.45, 7) is 5.28. The molecule has 5 heteroatoms. The zero-order chi connectivity index (χ0) is 16.1. The second kappa shape index (κ2) is 7.56. The van der Waals surface area contributed by atoms with Gasteiger partial charge in [-0.25, -0.2) is 13.6 Å². The molecule has 3 nitrogen and oxygen atoms in total. The van der Waals surface area contributed by atoms with Crippen LogP contribution in [-0.4, -0.2) is 30.1 Å². The number of nitrogens with zero attached hydrogens (tertiary/aromatic N) is 1. The Morgan fingerprint density at radius 2 is 2.05 bits per heavy atom. The molecule has 0 saturated carbocycles. The van der Waals surface area contributed by atoms with Gasteiger partial charge in [-0.15, -0.1) is 0 Å². The third-order valence-corrected chi connectivity index (χ3v) is 4.08. The van der Waals surface area contributed by atoms with Crippen molar-refractivity contribution in [1.29, 1.82) is 0 Å². The summed E-state index contributed by atoms with van der Waals surface area (Å²) in [7, 11) is 0. The molecule has 2 amide bonds. The molecule has 1 N–H and O–H groups in total. The van der Waals surface area contributed by atoms with Gasteiger partial charge in [0.15, 0.2) is 0 Å². The summed E-state index contributed by atoms with van der Waals surface area (Å²) in [6.07, 6.45) is 3.02. The number of piperidine rings is 1. The summed E-state index contributed by atoms with van der Waals surface area (Å²) in [5, 5.41) is 2.89. The highest BCUT2D eigenvalue weighted by atomic mass is 19.1. The average molecular weight is 310 g/mol. The number of nitrogens with one attached hydrogen (secondary N) is 1. The van der Waals surface area contributed by atoms with Crippen LogP contribution in [-0.2, 0) is 6.42 Å². The molecule has 0 aliphatic carbocycles. The Bertz CT molecular complexity index is 499. The van der Waals surface area contributed by atoms with Crippen LogP contribution in [0.15, 0.2) is 18.2 Å². The topological polar surface area (TPSA) is 32.3 Å². The number of carbonyl (C=O) groups excluding carboxylic acids is 1. The molecule has 1 atom stereocenters. The fourth-order valence-electron chi connectivity index (χ4n) is 2.94. The maximum Gasteiger partial charge on any atom is 0.317 e. The lowest BCUT2D eigenvalue weighted by Crippen LogP contribution is -2.47. The summed E-state index contributed by atoms with van der Waals surface area (Å²) < 4.78 is 27.3. The lowest BCUT2D eigenvalue weighted by atomic mass is 9.91. The van der Waals surface area contributed by atoms with Crippen LogP contribution < -0.4 is 5.32 Å². The van der Waals surface area contributed by atoms with Crippen LogP contribution in [0.25, 0.3) is 0 Å². The lowest BCUT2D eigenvalue weighted by Gasteiger charge is -2.33. The molecular formula is C17H24F2N2O. The molecule has 1 fully saturated rings. The van der Waals surface area contributed by atoms with E-state index in [1.165, 1.54) is 18.2 Å². The van der Waals surface area contributed by atoms with Gasteiger partial charge in [0.05, 0.1) is 0 Å². The van der Waals surface area contributed by atoms with Crippen LogP contribution >= 0.6 is 0 Å². The largest absolute Gasteiger partial charge is 0.336 e. The van der Waals surface area contributed by atoms with E-state index >= 15 is 0 Å². The average Bonchev–Trinajstić information content (AvgIpc) is 2.46. The molecule has 1 aliphatic rings. The third kappa shape index (κ3) is 4.42. The van der Waals surface area contributed by atoms with Crippen molar-refractivity contribution >= 4 is 6.03 Å². The molecule has 0 bridgehead atoms. The van der Waals surface area contributed by atoms with Crippen LogP contribution in [0.5, 0.6) is 0 Å². The van der Waals surface area contributed by atoms with Crippen molar-refractivity contribution in [2.75, 3.05) is 13.1 Å². The van der Waals surface area contributed by atoms with Crippen LogP contribution in [0.4, 0.5) is 13.6 Å². The quantitative estimate of drug-likeness (QED) is 0.903. The van der Waals surface area contributed by atoms with Gasteiger partial charge < -0.3 is 10.2 Å². The lowest BCUT2D eigenvalue weighted by molar-refractivity contribution is 0.160. The van der Waals surface area contributed by atoms with Gasteiger partial charge in [-0.05, 0) is 57.6 Å². The second-order valence-electron chi connectivity index (χ2n) is 6.30. The molecule has 0 spiro atoms. The van der Waals surface area contributed by atoms with Crippen LogP contribution in [0.3, 0.4) is 0 Å². The molecule has 1 saturated heterocycles. The van der Waals surface area contributed by atoms with Crippen LogP contribution in [0, 0.1) is 17.6 Å². The van der Waals surface area contributed by atoms with Crippen molar-refractivity contribution < 1.29 is 13.6 Å². The summed E-state index contributed by atoms with van der Waals surface area (Å²) in [5.74, 6) is -0.666. The number of hydrogen-bond acceptors (Lipinski definition) is 1. The number of halogens is 2. The zero-order valence-electron chi connectivity index (χ0n) is 13.2. The number of hydrogen-bond donors (Lipinski definition) is 1. The number of amides is 2. The molecule has 1 unspecified atom stereocenters. The predicted molar refractivity (Wildman–Crippen MR) is 82.6 cm³/mol. The molecule has 1 aliphatic heterocycles. The van der Waals surface area contributed by atoms with Crippen molar-refractivity contribution in [3.8, 4) is 0 Å². The van der Waals surface area contributed by atoms with E-state index in [1.54, 1.807) is 0 Å². The first-order valence-corrected chi connectivity index (χ1v) is 7.95. The Labute approximate surface area is 130 Å². The van der Waals surface area contributed by atoms with Crippen molar-refractivity contribution in [3.63, 3.8) is 0 Å². The fourth-order valence-corrected chi connectivity index (χ4v) is 2.94. The van der Waals surface area contributed by atoms with E-state index < -0.39 is 11.6 Å². The first-order valence-electron chi connectivity index (χ1n) is 7.95. The highest BCUT2D eigenvalue weighted by molar-refractivity contribution is 5.74. The van der Waals surface area contributed by atoms with E-state index in [1.807, 2.05) is 18.7 Å². The van der Waals surface area contributed by atoms with Gasteiger partial charge in [0.25, 0.3) is 0 Å². The first-order chi connectivity index (χ1) is 10.5. The van der Waals surface area contributed by atoms with E-state index in [-0.39, 0.29) is 17.6 Å². The Balaban J connectivity index is 1.89. The molecular weight excluding hydrogens is 286 g/mol. The second-order valence-corrected chi connectivity index (χ2v) is 6.30. The minimum atomic E-state index is -0.481. The van der Waals surface area contributed by atoms with Gasteiger partial charge in [0.2, 0.25) is 0 Å². The molecule has 122 valence electrons. The van der Waals surface area contributed by atoms with E-state index in [2.05, 4.69) is 5.32 Å². The van der Waals surface area contributed by atoms with Crippen molar-refractivity contribution in [3.05, 3.63) is 35.4 Å². The van der Waals surface area contributed by atoms with Crippen molar-refractivity contribution in [2.45, 2.75) is 45.6 Å². The van der Waals surface area contributed by atoms with E-state index in [0.717, 1.165) is 19.4 Å². The van der Waals surface area contributed by atoms with Gasteiger partial charge in [-0.1, -0.05) is 6.07 Å². The molecule has 1 aromatic rings. The highest BCUT2D eigenvalue weighted by Gasteiger charge is 2.24. The molecule has 22 heavy (non-hydrogen) atoms. The molecule has 0 radical (unpaired) electrons. The Hall–Kier alpha value is -1.65. The number of likely N-dealkylation sites (tertiary alicyclic amines) is 1. The Morgan fingerprint density at radius 1 is 1.36 bits per heavy atom. The maximum atomic E-state index is 13.6. The van der Waals surface area contributed by atoms with E-state index in [0.29, 0.717) is 25.3 Å². The van der Waals surface area contributed by atoms with Gasteiger partial charge in [0.1, 0.15) is 11.6 Å². The van der Waals surface area contributed by atoms with Crippen LogP contribution in [0.1, 0.15) is 38.7 Å². The zero-order valence-corrected chi connectivity index (χ0v) is 13.2. The van der Waals surface area contributed by atoms with Crippen molar-refractivity contribution in [2.24, 2.45) is 5.92 Å². The van der Waals surface area contributed by atoms with Gasteiger partial charge >= 0.3 is 6.03 Å². The number of urea groups is 1. The summed E-state index contributed by atoms with van der Waals surface area (Å²) in [6, 6.07) is 4.04. The minimum Gasteiger partial charge on any atom is -0.336 e. The summed E-state index contributed by atoms with van der Waals surface area (Å²) in [5.41, 5.74) is 0.159. The molecule has 0 aromatic heterocycles. The molecule has 1 aromatic carbocycles. The predicted octanol–water partition coefficient (Wildman–Crippen LogP) is 3.73. The minimum absolute atomic E-state index is 0.0447. The van der Waals surface area contributed by atoms with Gasteiger partial charge in [0, 0.05) is 24.7 Å². The molecule has 2 rings (SSSR count). The number of benzene rings is 1. The van der Waals surface area contributed by atoms with Gasteiger partial charge in [-0.3, -0.25) is 0 Å². The van der Waals surface area contributed by atoms with E-state index in [9.17, 15) is 13.6 Å². The monoisotopic (exact) mass is 310 g/mol. The Morgan fingerprint density at radius 3 is 2.68 bits per heavy atom. The van der Waals surface area contributed by atoms with Crippen molar-refractivity contribution in [1.82, 2.24) is 10.2 Å². The Kier molecular flexibility index (Phi) is 5.75.